The molecule has 0 spiro atoms. The summed E-state index contributed by atoms with van der Waals surface area (Å²) in [7, 11) is 0. The second-order valence-corrected chi connectivity index (χ2v) is 5.77. The molecule has 2 nitrogen and oxygen atoms in total. The van der Waals surface area contributed by atoms with E-state index < -0.39 is 0 Å². The minimum absolute atomic E-state index is 0.388. The SMILES string of the molecule is CCCNC(CCc1cccc(C)c1)c1ccc(C)nc1. The van der Waals surface area contributed by atoms with Crippen LogP contribution < -0.4 is 5.32 Å². The van der Waals surface area contributed by atoms with Crippen LogP contribution in [0.25, 0.3) is 0 Å². The molecule has 1 aromatic heterocycles. The third kappa shape index (κ3) is 4.98. The van der Waals surface area contributed by atoms with Gasteiger partial charge in [-0.3, -0.25) is 4.98 Å². The molecule has 1 N–H and O–H groups in total. The number of benzene rings is 1. The molecule has 0 aliphatic heterocycles. The highest BCUT2D eigenvalue weighted by Gasteiger charge is 2.11. The number of rotatable bonds is 7. The lowest BCUT2D eigenvalue weighted by molar-refractivity contribution is 0.498. The van der Waals surface area contributed by atoms with E-state index in [-0.39, 0.29) is 0 Å². The number of hydrogen-bond acceptors (Lipinski definition) is 2. The standard InChI is InChI=1S/C19H26N2/c1-4-12-20-19(18-10-8-16(3)21-14-18)11-9-17-7-5-6-15(2)13-17/h5-8,10,13-14,19-20H,4,9,11-12H2,1-3H3. The van der Waals surface area contributed by atoms with Crippen LogP contribution in [0.2, 0.25) is 0 Å². The predicted octanol–water partition coefficient (Wildman–Crippen LogP) is 4.37. The van der Waals surface area contributed by atoms with Crippen molar-refractivity contribution in [3.05, 3.63) is 65.0 Å². The normalized spacial score (nSPS) is 12.3. The van der Waals surface area contributed by atoms with E-state index in [0.29, 0.717) is 6.04 Å². The zero-order chi connectivity index (χ0) is 15.1. The third-order valence-electron chi connectivity index (χ3n) is 3.78. The van der Waals surface area contributed by atoms with E-state index in [2.05, 4.69) is 60.5 Å². The second kappa shape index (κ2) is 7.94. The lowest BCUT2D eigenvalue weighted by Gasteiger charge is -2.19. The first-order chi connectivity index (χ1) is 10.2. The van der Waals surface area contributed by atoms with Crippen molar-refractivity contribution in [2.75, 3.05) is 6.54 Å². The fourth-order valence-electron chi connectivity index (χ4n) is 2.57. The maximum absolute atomic E-state index is 4.44. The molecule has 2 aromatic rings. The molecule has 0 aliphatic rings. The Hall–Kier alpha value is -1.67. The van der Waals surface area contributed by atoms with Gasteiger partial charge in [0.15, 0.2) is 0 Å². The van der Waals surface area contributed by atoms with E-state index in [1.54, 1.807) is 0 Å². The van der Waals surface area contributed by atoms with E-state index in [1.807, 2.05) is 13.1 Å². The van der Waals surface area contributed by atoms with Crippen LogP contribution in [0, 0.1) is 13.8 Å². The fourth-order valence-corrected chi connectivity index (χ4v) is 2.57. The quantitative estimate of drug-likeness (QED) is 0.815. The summed E-state index contributed by atoms with van der Waals surface area (Å²) in [6, 6.07) is 13.5. The Morgan fingerprint density at radius 2 is 2.00 bits per heavy atom. The highest BCUT2D eigenvalue weighted by molar-refractivity contribution is 5.23. The number of nitrogens with one attached hydrogen (secondary N) is 1. The first kappa shape index (κ1) is 15.7. The molecular formula is C19H26N2. The fraction of sp³-hybridized carbons (Fsp3) is 0.421. The van der Waals surface area contributed by atoms with Crippen LogP contribution in [-0.2, 0) is 6.42 Å². The molecule has 0 radical (unpaired) electrons. The molecule has 1 heterocycles. The number of aromatic nitrogens is 1. The summed E-state index contributed by atoms with van der Waals surface area (Å²) in [5, 5.41) is 3.65. The number of nitrogens with zero attached hydrogens (tertiary/aromatic N) is 1. The van der Waals surface area contributed by atoms with Gasteiger partial charge in [0.1, 0.15) is 0 Å². The van der Waals surface area contributed by atoms with Crippen molar-refractivity contribution in [3.63, 3.8) is 0 Å². The van der Waals surface area contributed by atoms with Gasteiger partial charge in [-0.15, -0.1) is 0 Å². The molecule has 0 saturated carbocycles. The van der Waals surface area contributed by atoms with E-state index in [9.17, 15) is 0 Å². The van der Waals surface area contributed by atoms with Crippen LogP contribution in [0.15, 0.2) is 42.6 Å². The summed E-state index contributed by atoms with van der Waals surface area (Å²) in [5.41, 5.74) is 5.12. The Labute approximate surface area is 128 Å². The zero-order valence-corrected chi connectivity index (χ0v) is 13.4. The minimum Gasteiger partial charge on any atom is -0.310 e. The molecule has 0 saturated heterocycles. The van der Waals surface area contributed by atoms with E-state index >= 15 is 0 Å². The Morgan fingerprint density at radius 1 is 1.14 bits per heavy atom. The van der Waals surface area contributed by atoms with Crippen molar-refractivity contribution in [2.45, 2.75) is 46.1 Å². The van der Waals surface area contributed by atoms with Crippen molar-refractivity contribution in [1.82, 2.24) is 10.3 Å². The lowest BCUT2D eigenvalue weighted by atomic mass is 9.99. The highest BCUT2D eigenvalue weighted by Crippen LogP contribution is 2.19. The Kier molecular flexibility index (Phi) is 5.94. The molecule has 2 heteroatoms. The highest BCUT2D eigenvalue weighted by atomic mass is 14.9. The number of aryl methyl sites for hydroxylation is 3. The van der Waals surface area contributed by atoms with E-state index in [1.165, 1.54) is 16.7 Å². The molecule has 1 aromatic carbocycles. The molecular weight excluding hydrogens is 256 g/mol. The molecule has 112 valence electrons. The van der Waals surface area contributed by atoms with Crippen molar-refractivity contribution >= 4 is 0 Å². The van der Waals surface area contributed by atoms with E-state index in [0.717, 1.165) is 31.5 Å². The van der Waals surface area contributed by atoms with Gasteiger partial charge in [-0.25, -0.2) is 0 Å². The van der Waals surface area contributed by atoms with Crippen LogP contribution in [0.5, 0.6) is 0 Å². The summed E-state index contributed by atoms with van der Waals surface area (Å²) >= 11 is 0. The summed E-state index contributed by atoms with van der Waals surface area (Å²) < 4.78 is 0. The molecule has 1 unspecified atom stereocenters. The van der Waals surface area contributed by atoms with Crippen LogP contribution >= 0.6 is 0 Å². The van der Waals surface area contributed by atoms with Crippen molar-refractivity contribution in [2.24, 2.45) is 0 Å². The monoisotopic (exact) mass is 282 g/mol. The van der Waals surface area contributed by atoms with Crippen LogP contribution in [0.1, 0.15) is 48.2 Å². The van der Waals surface area contributed by atoms with Crippen LogP contribution in [0.4, 0.5) is 0 Å². The Bertz CT molecular complexity index is 546. The molecule has 0 aliphatic carbocycles. The molecule has 0 fully saturated rings. The average Bonchev–Trinajstić information content (AvgIpc) is 2.49. The zero-order valence-electron chi connectivity index (χ0n) is 13.4. The van der Waals surface area contributed by atoms with Crippen molar-refractivity contribution < 1.29 is 0 Å². The minimum atomic E-state index is 0.388. The third-order valence-corrected chi connectivity index (χ3v) is 3.78. The molecule has 21 heavy (non-hydrogen) atoms. The van der Waals surface area contributed by atoms with Gasteiger partial charge < -0.3 is 5.32 Å². The maximum atomic E-state index is 4.44. The summed E-state index contributed by atoms with van der Waals surface area (Å²) in [5.74, 6) is 0. The van der Waals surface area contributed by atoms with E-state index in [4.69, 9.17) is 0 Å². The van der Waals surface area contributed by atoms with Gasteiger partial charge >= 0.3 is 0 Å². The molecule has 0 amide bonds. The largest absolute Gasteiger partial charge is 0.310 e. The smallest absolute Gasteiger partial charge is 0.0372 e. The number of hydrogen-bond donors (Lipinski definition) is 1. The van der Waals surface area contributed by atoms with Gasteiger partial charge in [0, 0.05) is 17.9 Å². The first-order valence-electron chi connectivity index (χ1n) is 7.90. The Morgan fingerprint density at radius 3 is 2.67 bits per heavy atom. The topological polar surface area (TPSA) is 24.9 Å². The lowest BCUT2D eigenvalue weighted by Crippen LogP contribution is -2.23. The average molecular weight is 282 g/mol. The van der Waals surface area contributed by atoms with Crippen LogP contribution in [-0.4, -0.2) is 11.5 Å². The Balaban J connectivity index is 2.04. The van der Waals surface area contributed by atoms with Crippen LogP contribution in [0.3, 0.4) is 0 Å². The summed E-state index contributed by atoms with van der Waals surface area (Å²) in [6.45, 7) is 7.44. The van der Waals surface area contributed by atoms with Gasteiger partial charge in [0.05, 0.1) is 0 Å². The van der Waals surface area contributed by atoms with Gasteiger partial charge in [-0.2, -0.15) is 0 Å². The van der Waals surface area contributed by atoms with Crippen molar-refractivity contribution in [3.8, 4) is 0 Å². The summed E-state index contributed by atoms with van der Waals surface area (Å²) in [4.78, 5) is 4.44. The second-order valence-electron chi connectivity index (χ2n) is 5.77. The van der Waals surface area contributed by atoms with Gasteiger partial charge in [-0.1, -0.05) is 42.8 Å². The maximum Gasteiger partial charge on any atom is 0.0372 e. The summed E-state index contributed by atoms with van der Waals surface area (Å²) in [6.07, 6.45) is 5.37. The van der Waals surface area contributed by atoms with Gasteiger partial charge in [0.2, 0.25) is 0 Å². The molecule has 2 rings (SSSR count). The first-order valence-corrected chi connectivity index (χ1v) is 7.90. The van der Waals surface area contributed by atoms with Gasteiger partial charge in [0.25, 0.3) is 0 Å². The van der Waals surface area contributed by atoms with Crippen molar-refractivity contribution in [1.29, 1.82) is 0 Å². The molecule has 0 bridgehead atoms. The number of pyridine rings is 1. The predicted molar refractivity (Wildman–Crippen MR) is 89.5 cm³/mol. The molecule has 1 atom stereocenters. The van der Waals surface area contributed by atoms with Gasteiger partial charge in [-0.05, 0) is 56.8 Å².